The molecule has 88 valence electrons. The van der Waals surface area contributed by atoms with E-state index in [4.69, 9.17) is 21.1 Å². The van der Waals surface area contributed by atoms with Gasteiger partial charge >= 0.3 is 0 Å². The fourth-order valence-electron chi connectivity index (χ4n) is 1.65. The molecule has 0 amide bonds. The summed E-state index contributed by atoms with van der Waals surface area (Å²) >= 11 is 5.97. The standard InChI is InChI=1S/C12H14ClFO2/c1-7-4-8(9(13)5-10(7)14)11-15-6-12(2,3)16-11/h4-5,11H,6H2,1-3H3. The van der Waals surface area contributed by atoms with E-state index in [9.17, 15) is 4.39 Å². The smallest absolute Gasteiger partial charge is 0.186 e. The minimum Gasteiger partial charge on any atom is -0.345 e. The van der Waals surface area contributed by atoms with Crippen molar-refractivity contribution in [3.63, 3.8) is 0 Å². The van der Waals surface area contributed by atoms with E-state index in [-0.39, 0.29) is 11.4 Å². The summed E-state index contributed by atoms with van der Waals surface area (Å²) in [6.45, 7) is 6.08. The summed E-state index contributed by atoms with van der Waals surface area (Å²) in [6.07, 6.45) is -0.498. The van der Waals surface area contributed by atoms with E-state index in [1.807, 2.05) is 13.8 Å². The number of aryl methyl sites for hydroxylation is 1. The molecule has 1 atom stereocenters. The molecule has 0 N–H and O–H groups in total. The van der Waals surface area contributed by atoms with Gasteiger partial charge in [0.2, 0.25) is 0 Å². The molecule has 0 aliphatic carbocycles. The first-order valence-electron chi connectivity index (χ1n) is 5.14. The Balaban J connectivity index is 2.32. The molecule has 0 saturated carbocycles. The van der Waals surface area contributed by atoms with Gasteiger partial charge in [-0.05, 0) is 38.5 Å². The summed E-state index contributed by atoms with van der Waals surface area (Å²) in [7, 11) is 0. The van der Waals surface area contributed by atoms with E-state index < -0.39 is 6.29 Å². The van der Waals surface area contributed by atoms with E-state index in [2.05, 4.69) is 0 Å². The van der Waals surface area contributed by atoms with Crippen molar-refractivity contribution in [1.29, 1.82) is 0 Å². The maximum atomic E-state index is 13.2. The van der Waals surface area contributed by atoms with Crippen molar-refractivity contribution in [3.8, 4) is 0 Å². The van der Waals surface area contributed by atoms with Crippen LogP contribution in [0.5, 0.6) is 0 Å². The summed E-state index contributed by atoms with van der Waals surface area (Å²) in [4.78, 5) is 0. The SMILES string of the molecule is Cc1cc(C2OCC(C)(C)O2)c(Cl)cc1F. The number of ether oxygens (including phenoxy) is 2. The van der Waals surface area contributed by atoms with E-state index in [1.165, 1.54) is 6.07 Å². The highest BCUT2D eigenvalue weighted by Gasteiger charge is 2.34. The Morgan fingerprint density at radius 1 is 1.44 bits per heavy atom. The van der Waals surface area contributed by atoms with Crippen LogP contribution in [0.4, 0.5) is 4.39 Å². The van der Waals surface area contributed by atoms with Gasteiger partial charge in [-0.3, -0.25) is 0 Å². The van der Waals surface area contributed by atoms with Gasteiger partial charge in [-0.25, -0.2) is 4.39 Å². The Morgan fingerprint density at radius 2 is 2.12 bits per heavy atom. The highest BCUT2D eigenvalue weighted by atomic mass is 35.5. The molecule has 0 bridgehead atoms. The lowest BCUT2D eigenvalue weighted by Gasteiger charge is -2.17. The second-order valence-electron chi connectivity index (χ2n) is 4.64. The molecular formula is C12H14ClFO2. The summed E-state index contributed by atoms with van der Waals surface area (Å²) < 4.78 is 24.4. The maximum Gasteiger partial charge on any atom is 0.186 e. The lowest BCUT2D eigenvalue weighted by Crippen LogP contribution is -2.21. The third-order valence-corrected chi connectivity index (χ3v) is 2.87. The summed E-state index contributed by atoms with van der Waals surface area (Å²) in [5.41, 5.74) is 0.901. The minimum atomic E-state index is -0.498. The number of benzene rings is 1. The molecule has 1 aromatic carbocycles. The third kappa shape index (κ3) is 2.21. The summed E-state index contributed by atoms with van der Waals surface area (Å²) in [5, 5.41) is 0.339. The van der Waals surface area contributed by atoms with E-state index in [0.29, 0.717) is 22.8 Å². The van der Waals surface area contributed by atoms with Crippen LogP contribution in [-0.2, 0) is 9.47 Å². The van der Waals surface area contributed by atoms with Gasteiger partial charge in [0.1, 0.15) is 5.82 Å². The molecule has 2 nitrogen and oxygen atoms in total. The molecule has 1 heterocycles. The van der Waals surface area contributed by atoms with Crippen molar-refractivity contribution in [3.05, 3.63) is 34.1 Å². The lowest BCUT2D eigenvalue weighted by atomic mass is 10.1. The minimum absolute atomic E-state index is 0.314. The molecule has 0 radical (unpaired) electrons. The van der Waals surface area contributed by atoms with Gasteiger partial charge in [0.25, 0.3) is 0 Å². The van der Waals surface area contributed by atoms with E-state index >= 15 is 0 Å². The monoisotopic (exact) mass is 244 g/mol. The Bertz CT molecular complexity index is 418. The fraction of sp³-hybridized carbons (Fsp3) is 0.500. The van der Waals surface area contributed by atoms with Crippen molar-refractivity contribution in [2.45, 2.75) is 32.7 Å². The zero-order valence-corrected chi connectivity index (χ0v) is 10.3. The van der Waals surface area contributed by atoms with Gasteiger partial charge < -0.3 is 9.47 Å². The van der Waals surface area contributed by atoms with E-state index in [0.717, 1.165) is 0 Å². The topological polar surface area (TPSA) is 18.5 Å². The largest absolute Gasteiger partial charge is 0.345 e. The number of hydrogen-bond acceptors (Lipinski definition) is 2. The average Bonchev–Trinajstić information content (AvgIpc) is 2.52. The molecule has 1 aromatic rings. The summed E-state index contributed by atoms with van der Waals surface area (Å²) in [5.74, 6) is -0.314. The molecule has 1 aliphatic rings. The van der Waals surface area contributed by atoms with Crippen molar-refractivity contribution >= 4 is 11.6 Å². The van der Waals surface area contributed by atoms with Crippen LogP contribution in [-0.4, -0.2) is 12.2 Å². The average molecular weight is 245 g/mol. The first kappa shape index (κ1) is 11.8. The van der Waals surface area contributed by atoms with Crippen LogP contribution < -0.4 is 0 Å². The fourth-order valence-corrected chi connectivity index (χ4v) is 1.89. The van der Waals surface area contributed by atoms with Crippen LogP contribution >= 0.6 is 11.6 Å². The van der Waals surface area contributed by atoms with Crippen LogP contribution in [0.15, 0.2) is 12.1 Å². The van der Waals surface area contributed by atoms with Gasteiger partial charge in [0.15, 0.2) is 6.29 Å². The Labute approximate surface area is 99.3 Å². The Hall–Kier alpha value is -0.640. The number of rotatable bonds is 1. The first-order valence-corrected chi connectivity index (χ1v) is 5.52. The van der Waals surface area contributed by atoms with Crippen LogP contribution in [0.25, 0.3) is 0 Å². The highest BCUT2D eigenvalue weighted by molar-refractivity contribution is 6.31. The normalized spacial score (nSPS) is 23.7. The molecule has 0 aromatic heterocycles. The second kappa shape index (κ2) is 3.99. The lowest BCUT2D eigenvalue weighted by molar-refractivity contribution is -0.0811. The molecule has 1 aliphatic heterocycles. The molecule has 1 fully saturated rings. The van der Waals surface area contributed by atoms with Gasteiger partial charge in [-0.1, -0.05) is 11.6 Å². The number of hydrogen-bond donors (Lipinski definition) is 0. The van der Waals surface area contributed by atoms with E-state index in [1.54, 1.807) is 13.0 Å². The Morgan fingerprint density at radius 3 is 2.69 bits per heavy atom. The van der Waals surface area contributed by atoms with Crippen molar-refractivity contribution in [2.75, 3.05) is 6.61 Å². The van der Waals surface area contributed by atoms with Crippen LogP contribution in [0, 0.1) is 12.7 Å². The third-order valence-electron chi connectivity index (χ3n) is 2.54. The van der Waals surface area contributed by atoms with Gasteiger partial charge in [-0.15, -0.1) is 0 Å². The van der Waals surface area contributed by atoms with Crippen LogP contribution in [0.3, 0.4) is 0 Å². The molecule has 4 heteroatoms. The predicted octanol–water partition coefficient (Wildman–Crippen LogP) is 3.61. The molecule has 1 unspecified atom stereocenters. The maximum absolute atomic E-state index is 13.2. The predicted molar refractivity (Wildman–Crippen MR) is 60.0 cm³/mol. The highest BCUT2D eigenvalue weighted by Crippen LogP contribution is 2.36. The molecular weight excluding hydrogens is 231 g/mol. The molecule has 1 saturated heterocycles. The molecule has 16 heavy (non-hydrogen) atoms. The second-order valence-corrected chi connectivity index (χ2v) is 5.05. The number of halogens is 2. The zero-order chi connectivity index (χ0) is 11.9. The molecule has 2 rings (SSSR count). The van der Waals surface area contributed by atoms with Crippen molar-refractivity contribution in [2.24, 2.45) is 0 Å². The van der Waals surface area contributed by atoms with Gasteiger partial charge in [-0.2, -0.15) is 0 Å². The summed E-state index contributed by atoms with van der Waals surface area (Å²) in [6, 6.07) is 2.97. The van der Waals surface area contributed by atoms with Crippen LogP contribution in [0.1, 0.15) is 31.3 Å². The Kier molecular flexibility index (Phi) is 2.95. The van der Waals surface area contributed by atoms with Crippen LogP contribution in [0.2, 0.25) is 5.02 Å². The quantitative estimate of drug-likeness (QED) is 0.751. The van der Waals surface area contributed by atoms with Gasteiger partial charge in [0.05, 0.1) is 17.2 Å². The molecule has 0 spiro atoms. The first-order chi connectivity index (χ1) is 7.39. The zero-order valence-electron chi connectivity index (χ0n) is 9.51. The van der Waals surface area contributed by atoms with Gasteiger partial charge in [0, 0.05) is 5.56 Å². The van der Waals surface area contributed by atoms with Crippen molar-refractivity contribution in [1.82, 2.24) is 0 Å². The van der Waals surface area contributed by atoms with Crippen molar-refractivity contribution < 1.29 is 13.9 Å².